The SMILES string of the molecule is CC(C)C(C)(CN)Cc1cc(Br)ccc1F. The van der Waals surface area contributed by atoms with Crippen LogP contribution in [-0.2, 0) is 6.42 Å². The molecule has 1 aromatic carbocycles. The highest BCUT2D eigenvalue weighted by atomic mass is 79.9. The highest BCUT2D eigenvalue weighted by Crippen LogP contribution is 2.31. The molecule has 0 radical (unpaired) electrons. The van der Waals surface area contributed by atoms with Gasteiger partial charge in [-0.25, -0.2) is 4.39 Å². The molecule has 1 unspecified atom stereocenters. The lowest BCUT2D eigenvalue weighted by Gasteiger charge is -2.32. The largest absolute Gasteiger partial charge is 0.330 e. The maximum Gasteiger partial charge on any atom is 0.126 e. The third kappa shape index (κ3) is 3.05. The normalized spacial score (nSPS) is 15.2. The highest BCUT2D eigenvalue weighted by molar-refractivity contribution is 9.10. The molecule has 0 bridgehead atoms. The minimum atomic E-state index is -0.150. The molecule has 0 spiro atoms. The lowest BCUT2D eigenvalue weighted by molar-refractivity contribution is 0.225. The molecule has 0 aliphatic heterocycles. The van der Waals surface area contributed by atoms with Gasteiger partial charge in [0, 0.05) is 4.47 Å². The monoisotopic (exact) mass is 287 g/mol. The molecule has 0 heterocycles. The number of hydrogen-bond donors (Lipinski definition) is 1. The first-order chi connectivity index (χ1) is 7.39. The first kappa shape index (κ1) is 13.7. The standard InChI is InChI=1S/C13H19BrFN/c1-9(2)13(3,8-16)7-10-6-11(14)4-5-12(10)15/h4-6,9H,7-8,16H2,1-3H3. The Hall–Kier alpha value is -0.410. The van der Waals surface area contributed by atoms with Crippen LogP contribution in [-0.4, -0.2) is 6.54 Å². The van der Waals surface area contributed by atoms with Gasteiger partial charge in [0.15, 0.2) is 0 Å². The zero-order valence-electron chi connectivity index (χ0n) is 10.1. The van der Waals surface area contributed by atoms with E-state index in [9.17, 15) is 4.39 Å². The topological polar surface area (TPSA) is 26.0 Å². The Morgan fingerprint density at radius 3 is 2.56 bits per heavy atom. The van der Waals surface area contributed by atoms with Gasteiger partial charge in [-0.05, 0) is 48.1 Å². The molecule has 0 amide bonds. The zero-order valence-corrected chi connectivity index (χ0v) is 11.6. The van der Waals surface area contributed by atoms with Crippen LogP contribution in [0.15, 0.2) is 22.7 Å². The summed E-state index contributed by atoms with van der Waals surface area (Å²) in [7, 11) is 0. The Bertz CT molecular complexity index is 365. The van der Waals surface area contributed by atoms with Crippen molar-refractivity contribution in [3.05, 3.63) is 34.1 Å². The summed E-state index contributed by atoms with van der Waals surface area (Å²) >= 11 is 3.36. The predicted molar refractivity (Wildman–Crippen MR) is 69.8 cm³/mol. The molecule has 0 fully saturated rings. The number of hydrogen-bond acceptors (Lipinski definition) is 1. The van der Waals surface area contributed by atoms with Gasteiger partial charge in [-0.3, -0.25) is 0 Å². The first-order valence-corrected chi connectivity index (χ1v) is 6.32. The minimum absolute atomic E-state index is 0.0539. The third-order valence-electron chi connectivity index (χ3n) is 3.46. The molecular formula is C13H19BrFN. The minimum Gasteiger partial charge on any atom is -0.330 e. The second kappa shape index (κ2) is 5.28. The van der Waals surface area contributed by atoms with E-state index in [1.54, 1.807) is 6.07 Å². The van der Waals surface area contributed by atoms with E-state index >= 15 is 0 Å². The van der Waals surface area contributed by atoms with E-state index < -0.39 is 0 Å². The van der Waals surface area contributed by atoms with Crippen LogP contribution >= 0.6 is 15.9 Å². The van der Waals surface area contributed by atoms with Crippen LogP contribution in [0.5, 0.6) is 0 Å². The molecule has 1 aromatic rings. The summed E-state index contributed by atoms with van der Waals surface area (Å²) < 4.78 is 14.5. The fourth-order valence-corrected chi connectivity index (χ4v) is 2.03. The molecule has 1 atom stereocenters. The van der Waals surface area contributed by atoms with E-state index in [1.807, 2.05) is 6.07 Å². The van der Waals surface area contributed by atoms with E-state index in [0.29, 0.717) is 18.9 Å². The number of benzene rings is 1. The van der Waals surface area contributed by atoms with Gasteiger partial charge in [-0.2, -0.15) is 0 Å². The van der Waals surface area contributed by atoms with Crippen molar-refractivity contribution in [2.45, 2.75) is 27.2 Å². The Morgan fingerprint density at radius 1 is 1.44 bits per heavy atom. The van der Waals surface area contributed by atoms with Crippen LogP contribution in [0.2, 0.25) is 0 Å². The number of rotatable bonds is 4. The lowest BCUT2D eigenvalue weighted by atomic mass is 9.74. The van der Waals surface area contributed by atoms with Crippen LogP contribution in [0.3, 0.4) is 0 Å². The summed E-state index contributed by atoms with van der Waals surface area (Å²) in [5.41, 5.74) is 6.49. The van der Waals surface area contributed by atoms with Crippen molar-refractivity contribution in [1.82, 2.24) is 0 Å². The van der Waals surface area contributed by atoms with Gasteiger partial charge in [0.05, 0.1) is 0 Å². The molecule has 0 aliphatic carbocycles. The fourth-order valence-electron chi connectivity index (χ4n) is 1.63. The maximum absolute atomic E-state index is 13.6. The lowest BCUT2D eigenvalue weighted by Crippen LogP contribution is -2.35. The molecular weight excluding hydrogens is 269 g/mol. The van der Waals surface area contributed by atoms with Crippen LogP contribution in [0.25, 0.3) is 0 Å². The van der Waals surface area contributed by atoms with Crippen LogP contribution in [0, 0.1) is 17.2 Å². The van der Waals surface area contributed by atoms with Crippen molar-refractivity contribution in [2.24, 2.45) is 17.1 Å². The summed E-state index contributed by atoms with van der Waals surface area (Å²) in [5, 5.41) is 0. The average molecular weight is 288 g/mol. The molecule has 0 aliphatic rings. The van der Waals surface area contributed by atoms with Gasteiger partial charge < -0.3 is 5.73 Å². The van der Waals surface area contributed by atoms with E-state index in [1.165, 1.54) is 6.07 Å². The first-order valence-electron chi connectivity index (χ1n) is 5.53. The second-order valence-corrected chi connectivity index (χ2v) is 5.84. The molecule has 3 heteroatoms. The van der Waals surface area contributed by atoms with Crippen molar-refractivity contribution in [3.8, 4) is 0 Å². The van der Waals surface area contributed by atoms with Gasteiger partial charge in [0.2, 0.25) is 0 Å². The van der Waals surface area contributed by atoms with E-state index in [-0.39, 0.29) is 11.2 Å². The van der Waals surface area contributed by atoms with E-state index in [0.717, 1.165) is 10.0 Å². The van der Waals surface area contributed by atoms with Gasteiger partial charge in [0.25, 0.3) is 0 Å². The van der Waals surface area contributed by atoms with Crippen LogP contribution < -0.4 is 5.73 Å². The molecule has 16 heavy (non-hydrogen) atoms. The smallest absolute Gasteiger partial charge is 0.126 e. The predicted octanol–water partition coefficient (Wildman–Crippen LogP) is 3.75. The molecule has 2 N–H and O–H groups in total. The van der Waals surface area contributed by atoms with Gasteiger partial charge in [0.1, 0.15) is 5.82 Å². The molecule has 90 valence electrons. The molecule has 1 nitrogen and oxygen atoms in total. The summed E-state index contributed by atoms with van der Waals surface area (Å²) in [4.78, 5) is 0. The van der Waals surface area contributed by atoms with Crippen molar-refractivity contribution in [3.63, 3.8) is 0 Å². The molecule has 0 aromatic heterocycles. The Kier molecular flexibility index (Phi) is 4.51. The summed E-state index contributed by atoms with van der Waals surface area (Å²) in [6, 6.07) is 5.05. The summed E-state index contributed by atoms with van der Waals surface area (Å²) in [5.74, 6) is 0.277. The fraction of sp³-hybridized carbons (Fsp3) is 0.538. The van der Waals surface area contributed by atoms with Gasteiger partial charge >= 0.3 is 0 Å². The molecule has 0 saturated carbocycles. The zero-order chi connectivity index (χ0) is 12.3. The van der Waals surface area contributed by atoms with Crippen molar-refractivity contribution < 1.29 is 4.39 Å². The Morgan fingerprint density at radius 2 is 2.06 bits per heavy atom. The third-order valence-corrected chi connectivity index (χ3v) is 3.96. The maximum atomic E-state index is 13.6. The Balaban J connectivity index is 2.98. The van der Waals surface area contributed by atoms with E-state index in [2.05, 4.69) is 36.7 Å². The summed E-state index contributed by atoms with van der Waals surface area (Å²) in [6.45, 7) is 6.93. The van der Waals surface area contributed by atoms with Gasteiger partial charge in [-0.15, -0.1) is 0 Å². The van der Waals surface area contributed by atoms with Gasteiger partial charge in [-0.1, -0.05) is 36.7 Å². The van der Waals surface area contributed by atoms with E-state index in [4.69, 9.17) is 5.73 Å². The molecule has 0 saturated heterocycles. The highest BCUT2D eigenvalue weighted by Gasteiger charge is 2.28. The van der Waals surface area contributed by atoms with Crippen LogP contribution in [0.1, 0.15) is 26.3 Å². The average Bonchev–Trinajstić information content (AvgIpc) is 2.23. The summed E-state index contributed by atoms with van der Waals surface area (Å²) in [6.07, 6.45) is 0.673. The molecule has 1 rings (SSSR count). The number of halogens is 2. The Labute approximate surface area is 105 Å². The second-order valence-electron chi connectivity index (χ2n) is 4.93. The van der Waals surface area contributed by atoms with Crippen molar-refractivity contribution in [1.29, 1.82) is 0 Å². The van der Waals surface area contributed by atoms with Crippen LogP contribution in [0.4, 0.5) is 4.39 Å². The number of nitrogens with two attached hydrogens (primary N) is 1. The quantitative estimate of drug-likeness (QED) is 0.897. The van der Waals surface area contributed by atoms with Crippen molar-refractivity contribution in [2.75, 3.05) is 6.54 Å². The van der Waals surface area contributed by atoms with Crippen molar-refractivity contribution >= 4 is 15.9 Å².